The average molecular weight is 220 g/mol. The minimum absolute atomic E-state index is 0. The Bertz CT molecular complexity index is 210. The van der Waals surface area contributed by atoms with Gasteiger partial charge >= 0.3 is 5.97 Å². The van der Waals surface area contributed by atoms with Crippen molar-refractivity contribution in [2.45, 2.75) is 50.6 Å². The SMILES string of the molecule is Cl.O=C(O)C1CCC[C@H]2CCC[C@H]2N1. The molecule has 1 aliphatic heterocycles. The van der Waals surface area contributed by atoms with Gasteiger partial charge in [0.15, 0.2) is 0 Å². The Morgan fingerprint density at radius 3 is 2.43 bits per heavy atom. The van der Waals surface area contributed by atoms with Crippen molar-refractivity contribution in [1.29, 1.82) is 0 Å². The highest BCUT2D eigenvalue weighted by molar-refractivity contribution is 5.85. The van der Waals surface area contributed by atoms with Crippen molar-refractivity contribution in [3.63, 3.8) is 0 Å². The Kier molecular flexibility index (Phi) is 4.20. The molecule has 2 fully saturated rings. The van der Waals surface area contributed by atoms with Crippen molar-refractivity contribution in [2.24, 2.45) is 5.92 Å². The molecule has 2 N–H and O–H groups in total. The highest BCUT2D eigenvalue weighted by atomic mass is 35.5. The van der Waals surface area contributed by atoms with Gasteiger partial charge in [-0.2, -0.15) is 0 Å². The van der Waals surface area contributed by atoms with Crippen LogP contribution < -0.4 is 5.32 Å². The zero-order valence-electron chi connectivity index (χ0n) is 8.24. The van der Waals surface area contributed by atoms with Crippen LogP contribution in [0.25, 0.3) is 0 Å². The lowest BCUT2D eigenvalue weighted by Crippen LogP contribution is -2.42. The number of aliphatic carboxylic acids is 1. The summed E-state index contributed by atoms with van der Waals surface area (Å²) in [6, 6.07) is 0.205. The van der Waals surface area contributed by atoms with E-state index in [2.05, 4.69) is 5.32 Å². The standard InChI is InChI=1S/C10H17NO2.ClH/c12-10(13)9-6-2-4-7-3-1-5-8(7)11-9;/h7-9,11H,1-6H2,(H,12,13);1H/t7-,8-,9?;/m1./s1. The summed E-state index contributed by atoms with van der Waals surface area (Å²) in [5, 5.41) is 12.2. The lowest BCUT2D eigenvalue weighted by molar-refractivity contribution is -0.139. The molecule has 1 aliphatic carbocycles. The molecule has 0 bridgehead atoms. The van der Waals surface area contributed by atoms with Gasteiger partial charge < -0.3 is 10.4 Å². The lowest BCUT2D eigenvalue weighted by atomic mass is 9.99. The van der Waals surface area contributed by atoms with E-state index in [1.54, 1.807) is 0 Å². The molecule has 1 saturated heterocycles. The molecule has 0 spiro atoms. The Balaban J connectivity index is 0.000000980. The van der Waals surface area contributed by atoms with Crippen LogP contribution in [-0.2, 0) is 4.79 Å². The van der Waals surface area contributed by atoms with Gasteiger partial charge in [0.05, 0.1) is 0 Å². The maximum Gasteiger partial charge on any atom is 0.320 e. The molecule has 1 unspecified atom stereocenters. The molecule has 0 radical (unpaired) electrons. The summed E-state index contributed by atoms with van der Waals surface area (Å²) in [6.07, 6.45) is 6.85. The summed E-state index contributed by atoms with van der Waals surface area (Å²) in [5.74, 6) is 0.0805. The van der Waals surface area contributed by atoms with Gasteiger partial charge in [0.2, 0.25) is 0 Å². The number of carboxylic acid groups (broad SMARTS) is 1. The van der Waals surface area contributed by atoms with Crippen LogP contribution in [0.3, 0.4) is 0 Å². The molecule has 2 aliphatic rings. The fraction of sp³-hybridized carbons (Fsp3) is 0.900. The molecule has 0 amide bonds. The summed E-state index contributed by atoms with van der Waals surface area (Å²) in [7, 11) is 0. The van der Waals surface area contributed by atoms with Crippen molar-refractivity contribution < 1.29 is 9.90 Å². The van der Waals surface area contributed by atoms with Crippen molar-refractivity contribution in [2.75, 3.05) is 0 Å². The normalized spacial score (nSPS) is 36.7. The van der Waals surface area contributed by atoms with Crippen molar-refractivity contribution >= 4 is 18.4 Å². The second kappa shape index (κ2) is 4.99. The molecule has 14 heavy (non-hydrogen) atoms. The summed E-state index contributed by atoms with van der Waals surface area (Å²) in [4.78, 5) is 10.8. The fourth-order valence-corrected chi connectivity index (χ4v) is 2.72. The third kappa shape index (κ3) is 2.39. The van der Waals surface area contributed by atoms with E-state index in [-0.39, 0.29) is 18.4 Å². The van der Waals surface area contributed by atoms with Gasteiger partial charge in [0.25, 0.3) is 0 Å². The number of carboxylic acids is 1. The van der Waals surface area contributed by atoms with Crippen LogP contribution in [0.5, 0.6) is 0 Å². The lowest BCUT2D eigenvalue weighted by Gasteiger charge is -2.19. The fourth-order valence-electron chi connectivity index (χ4n) is 2.72. The molecule has 3 atom stereocenters. The van der Waals surface area contributed by atoms with Gasteiger partial charge in [-0.1, -0.05) is 12.8 Å². The Morgan fingerprint density at radius 2 is 1.79 bits per heavy atom. The Labute approximate surface area is 90.7 Å². The van der Waals surface area contributed by atoms with Gasteiger partial charge in [-0.05, 0) is 31.6 Å². The summed E-state index contributed by atoms with van der Waals surface area (Å²) < 4.78 is 0. The third-order valence-electron chi connectivity index (χ3n) is 3.44. The molecule has 0 aromatic heterocycles. The number of hydrogen-bond acceptors (Lipinski definition) is 2. The second-order valence-electron chi connectivity index (χ2n) is 4.29. The average Bonchev–Trinajstić information content (AvgIpc) is 2.42. The van der Waals surface area contributed by atoms with Crippen LogP contribution in [-0.4, -0.2) is 23.2 Å². The molecule has 1 saturated carbocycles. The minimum atomic E-state index is -0.674. The molecule has 2 rings (SSSR count). The number of halogens is 1. The third-order valence-corrected chi connectivity index (χ3v) is 3.44. The molecule has 82 valence electrons. The molecule has 4 heteroatoms. The minimum Gasteiger partial charge on any atom is -0.480 e. The van der Waals surface area contributed by atoms with E-state index in [0.29, 0.717) is 6.04 Å². The first kappa shape index (κ1) is 11.8. The summed E-state index contributed by atoms with van der Waals surface area (Å²) in [5.41, 5.74) is 0. The van der Waals surface area contributed by atoms with Crippen molar-refractivity contribution in [1.82, 2.24) is 5.32 Å². The van der Waals surface area contributed by atoms with Gasteiger partial charge in [-0.25, -0.2) is 0 Å². The largest absolute Gasteiger partial charge is 0.480 e. The van der Waals surface area contributed by atoms with Gasteiger partial charge in [0, 0.05) is 6.04 Å². The highest BCUT2D eigenvalue weighted by Crippen LogP contribution is 2.32. The number of fused-ring (bicyclic) bond motifs is 1. The van der Waals surface area contributed by atoms with Crippen LogP contribution in [0, 0.1) is 5.92 Å². The van der Waals surface area contributed by atoms with Crippen LogP contribution in [0.1, 0.15) is 38.5 Å². The monoisotopic (exact) mass is 219 g/mol. The van der Waals surface area contributed by atoms with E-state index in [0.717, 1.165) is 18.8 Å². The Morgan fingerprint density at radius 1 is 1.14 bits per heavy atom. The van der Waals surface area contributed by atoms with Gasteiger partial charge in [-0.15, -0.1) is 12.4 Å². The number of nitrogens with one attached hydrogen (secondary N) is 1. The second-order valence-corrected chi connectivity index (χ2v) is 4.29. The van der Waals surface area contributed by atoms with Crippen LogP contribution in [0.4, 0.5) is 0 Å². The number of rotatable bonds is 1. The van der Waals surface area contributed by atoms with Crippen LogP contribution >= 0.6 is 12.4 Å². The van der Waals surface area contributed by atoms with E-state index in [4.69, 9.17) is 5.11 Å². The molecular formula is C10H18ClNO2. The van der Waals surface area contributed by atoms with Crippen molar-refractivity contribution in [3.05, 3.63) is 0 Å². The smallest absolute Gasteiger partial charge is 0.320 e. The highest BCUT2D eigenvalue weighted by Gasteiger charge is 2.33. The molecule has 0 aromatic rings. The topological polar surface area (TPSA) is 49.3 Å². The number of hydrogen-bond donors (Lipinski definition) is 2. The van der Waals surface area contributed by atoms with E-state index in [1.165, 1.54) is 25.7 Å². The summed E-state index contributed by atoms with van der Waals surface area (Å²) >= 11 is 0. The zero-order valence-corrected chi connectivity index (χ0v) is 9.05. The molecule has 1 heterocycles. The number of carbonyl (C=O) groups is 1. The zero-order chi connectivity index (χ0) is 9.26. The molecular weight excluding hydrogens is 202 g/mol. The first-order valence-electron chi connectivity index (χ1n) is 5.26. The maximum absolute atomic E-state index is 10.8. The Hall–Kier alpha value is -0.280. The van der Waals surface area contributed by atoms with E-state index >= 15 is 0 Å². The molecule has 0 aromatic carbocycles. The predicted octanol–water partition coefficient (Wildman–Crippen LogP) is 1.80. The predicted molar refractivity (Wildman–Crippen MR) is 56.8 cm³/mol. The quantitative estimate of drug-likeness (QED) is 0.707. The van der Waals surface area contributed by atoms with Crippen molar-refractivity contribution in [3.8, 4) is 0 Å². The first-order chi connectivity index (χ1) is 6.27. The summed E-state index contributed by atoms with van der Waals surface area (Å²) in [6.45, 7) is 0. The maximum atomic E-state index is 10.8. The van der Waals surface area contributed by atoms with E-state index in [1.807, 2.05) is 0 Å². The first-order valence-corrected chi connectivity index (χ1v) is 5.26. The van der Waals surface area contributed by atoms with Crippen LogP contribution in [0.2, 0.25) is 0 Å². The molecule has 3 nitrogen and oxygen atoms in total. The van der Waals surface area contributed by atoms with Gasteiger partial charge in [-0.3, -0.25) is 4.79 Å². The van der Waals surface area contributed by atoms with E-state index in [9.17, 15) is 4.79 Å². The van der Waals surface area contributed by atoms with E-state index < -0.39 is 5.97 Å². The van der Waals surface area contributed by atoms with Crippen LogP contribution in [0.15, 0.2) is 0 Å². The van der Waals surface area contributed by atoms with Gasteiger partial charge in [0.1, 0.15) is 6.04 Å².